The van der Waals surface area contributed by atoms with Crippen LogP contribution in [0, 0.1) is 0 Å². The predicted octanol–water partition coefficient (Wildman–Crippen LogP) is 2.68. The number of ether oxygens (including phenoxy) is 1. The largest absolute Gasteiger partial charge is 0.455 e. The molecule has 2 rings (SSSR count). The Kier molecular flexibility index (Phi) is 3.40. The molecule has 2 N–H and O–H groups in total. The highest BCUT2D eigenvalue weighted by molar-refractivity contribution is 7.10. The monoisotopic (exact) mass is 270 g/mol. The molecule has 0 bridgehead atoms. The van der Waals surface area contributed by atoms with Crippen LogP contribution in [0.3, 0.4) is 0 Å². The van der Waals surface area contributed by atoms with Gasteiger partial charge in [-0.15, -0.1) is 11.3 Å². The lowest BCUT2D eigenvalue weighted by Gasteiger charge is -2.04. The van der Waals surface area contributed by atoms with Gasteiger partial charge >= 0.3 is 5.97 Å². The molecule has 0 atom stereocenters. The lowest BCUT2D eigenvalue weighted by Crippen LogP contribution is -2.09. The summed E-state index contributed by atoms with van der Waals surface area (Å²) >= 11 is 7.35. The van der Waals surface area contributed by atoms with E-state index >= 15 is 0 Å². The van der Waals surface area contributed by atoms with Gasteiger partial charge in [0.1, 0.15) is 12.3 Å². The number of aromatic nitrogens is 1. The van der Waals surface area contributed by atoms with E-state index in [4.69, 9.17) is 22.1 Å². The molecule has 2 heterocycles. The van der Waals surface area contributed by atoms with Gasteiger partial charge in [0.25, 0.3) is 0 Å². The van der Waals surface area contributed by atoms with Crippen LogP contribution in [0.4, 0.5) is 5.69 Å². The summed E-state index contributed by atoms with van der Waals surface area (Å²) in [6, 6.07) is 3.36. The molecule has 0 aliphatic heterocycles. The molecule has 0 amide bonds. The van der Waals surface area contributed by atoms with Crippen LogP contribution in [0.1, 0.15) is 15.4 Å². The molecule has 0 saturated carbocycles. The normalized spacial score (nSPS) is 10.5. The van der Waals surface area contributed by atoms with Crippen molar-refractivity contribution in [3.8, 4) is 0 Å². The minimum absolute atomic E-state index is 0.181. The molecule has 0 aliphatic carbocycles. The minimum Gasteiger partial charge on any atom is -0.455 e. The summed E-state index contributed by atoms with van der Waals surface area (Å²) in [5.74, 6) is -0.409. The number of thiophene rings is 1. The van der Waals surface area contributed by atoms with E-state index in [0.717, 1.165) is 4.88 Å². The summed E-state index contributed by atoms with van der Waals surface area (Å²) in [6.07, 6.45) is 1.66. The Morgan fingerprint density at radius 3 is 2.94 bits per heavy atom. The molecule has 0 unspecified atom stereocenters. The minimum atomic E-state index is -0.409. The molecular weight excluding hydrogens is 260 g/mol. The van der Waals surface area contributed by atoms with Crippen molar-refractivity contribution in [1.82, 2.24) is 4.57 Å². The van der Waals surface area contributed by atoms with E-state index < -0.39 is 5.97 Å². The number of rotatable bonds is 3. The molecule has 0 spiro atoms. The fourth-order valence-corrected chi connectivity index (χ4v) is 2.43. The van der Waals surface area contributed by atoms with E-state index in [-0.39, 0.29) is 6.61 Å². The van der Waals surface area contributed by atoms with Gasteiger partial charge in [-0.2, -0.15) is 0 Å². The third-order valence-corrected chi connectivity index (χ3v) is 3.62. The smallest absolute Gasteiger partial charge is 0.355 e. The van der Waals surface area contributed by atoms with Crippen LogP contribution in [-0.2, 0) is 18.4 Å². The van der Waals surface area contributed by atoms with Crippen LogP contribution in [0.5, 0.6) is 0 Å². The van der Waals surface area contributed by atoms with Gasteiger partial charge in [0, 0.05) is 13.2 Å². The number of nitrogens with zero attached hydrogens (tertiary/aromatic N) is 1. The summed E-state index contributed by atoms with van der Waals surface area (Å²) in [4.78, 5) is 12.6. The van der Waals surface area contributed by atoms with Crippen molar-refractivity contribution in [3.05, 3.63) is 39.3 Å². The number of esters is 1. The maximum absolute atomic E-state index is 11.7. The third-order valence-electron chi connectivity index (χ3n) is 2.26. The topological polar surface area (TPSA) is 57.2 Å². The number of hydrogen-bond acceptors (Lipinski definition) is 4. The van der Waals surface area contributed by atoms with Crippen LogP contribution >= 0.6 is 22.9 Å². The van der Waals surface area contributed by atoms with Gasteiger partial charge in [-0.25, -0.2) is 4.79 Å². The van der Waals surface area contributed by atoms with Crippen LogP contribution in [0.15, 0.2) is 23.7 Å². The molecule has 0 aliphatic rings. The highest BCUT2D eigenvalue weighted by Crippen LogP contribution is 2.23. The first kappa shape index (κ1) is 12.0. The fraction of sp³-hybridized carbons (Fsp3) is 0.182. The number of carbonyl (C=O) groups excluding carboxylic acids is 1. The van der Waals surface area contributed by atoms with Gasteiger partial charge in [-0.3, -0.25) is 0 Å². The lowest BCUT2D eigenvalue weighted by atomic mass is 10.4. The van der Waals surface area contributed by atoms with Crippen molar-refractivity contribution >= 4 is 34.6 Å². The maximum atomic E-state index is 11.7. The number of anilines is 1. The van der Waals surface area contributed by atoms with Gasteiger partial charge in [0.15, 0.2) is 0 Å². The van der Waals surface area contributed by atoms with Crippen LogP contribution in [0.2, 0.25) is 5.02 Å². The SMILES string of the molecule is Cn1cc(N)cc1C(=O)OCc1sccc1Cl. The first-order valence-electron chi connectivity index (χ1n) is 4.89. The zero-order valence-electron chi connectivity index (χ0n) is 9.14. The first-order chi connectivity index (χ1) is 8.08. The van der Waals surface area contributed by atoms with Crippen LogP contribution < -0.4 is 5.73 Å². The quantitative estimate of drug-likeness (QED) is 0.873. The highest BCUT2D eigenvalue weighted by atomic mass is 35.5. The van der Waals surface area contributed by atoms with Gasteiger partial charge in [0.2, 0.25) is 0 Å². The van der Waals surface area contributed by atoms with Crippen molar-refractivity contribution in [1.29, 1.82) is 0 Å². The van der Waals surface area contributed by atoms with Gasteiger partial charge in [-0.1, -0.05) is 11.6 Å². The number of hydrogen-bond donors (Lipinski definition) is 1. The first-order valence-corrected chi connectivity index (χ1v) is 6.14. The second kappa shape index (κ2) is 4.81. The number of halogens is 1. The number of nitrogens with two attached hydrogens (primary N) is 1. The van der Waals surface area contributed by atoms with Gasteiger partial charge < -0.3 is 15.0 Å². The molecule has 6 heteroatoms. The molecule has 17 heavy (non-hydrogen) atoms. The standard InChI is InChI=1S/C11H11ClN2O2S/c1-14-5-7(13)4-9(14)11(15)16-6-10-8(12)2-3-17-10/h2-5H,6,13H2,1H3. The third kappa shape index (κ3) is 2.62. The van der Waals surface area contributed by atoms with Gasteiger partial charge in [0.05, 0.1) is 15.6 Å². The molecule has 4 nitrogen and oxygen atoms in total. The molecule has 0 fully saturated rings. The van der Waals surface area contributed by atoms with Crippen LogP contribution in [0.25, 0.3) is 0 Å². The number of nitrogen functional groups attached to an aromatic ring is 1. The molecule has 2 aromatic heterocycles. The van der Waals surface area contributed by atoms with Crippen molar-refractivity contribution in [2.24, 2.45) is 7.05 Å². The zero-order valence-corrected chi connectivity index (χ0v) is 10.7. The van der Waals surface area contributed by atoms with E-state index in [1.54, 1.807) is 29.9 Å². The molecule has 0 saturated heterocycles. The molecular formula is C11H11ClN2O2S. The molecule has 0 aromatic carbocycles. The Labute approximate surface area is 108 Å². The summed E-state index contributed by atoms with van der Waals surface area (Å²) in [7, 11) is 1.74. The highest BCUT2D eigenvalue weighted by Gasteiger charge is 2.13. The van der Waals surface area contributed by atoms with E-state index in [1.165, 1.54) is 11.3 Å². The van der Waals surface area contributed by atoms with Crippen LogP contribution in [-0.4, -0.2) is 10.5 Å². The summed E-state index contributed by atoms with van der Waals surface area (Å²) < 4.78 is 6.79. The van der Waals surface area contributed by atoms with Gasteiger partial charge in [-0.05, 0) is 17.5 Å². The Balaban J connectivity index is 2.03. The summed E-state index contributed by atoms with van der Waals surface area (Å²) in [5, 5.41) is 2.47. The second-order valence-corrected chi connectivity index (χ2v) is 4.95. The van der Waals surface area contributed by atoms with E-state index in [1.807, 2.05) is 5.38 Å². The van der Waals surface area contributed by atoms with Crippen molar-refractivity contribution in [2.75, 3.05) is 5.73 Å². The van der Waals surface area contributed by atoms with Crippen molar-refractivity contribution in [2.45, 2.75) is 6.61 Å². The predicted molar refractivity (Wildman–Crippen MR) is 68.3 cm³/mol. The van der Waals surface area contributed by atoms with Crippen molar-refractivity contribution in [3.63, 3.8) is 0 Å². The Morgan fingerprint density at radius 2 is 2.41 bits per heavy atom. The molecule has 0 radical (unpaired) electrons. The average molecular weight is 271 g/mol. The molecule has 90 valence electrons. The maximum Gasteiger partial charge on any atom is 0.355 e. The summed E-state index contributed by atoms with van der Waals surface area (Å²) in [5.41, 5.74) is 6.55. The van der Waals surface area contributed by atoms with E-state index in [0.29, 0.717) is 16.4 Å². The fourth-order valence-electron chi connectivity index (χ4n) is 1.43. The van der Waals surface area contributed by atoms with E-state index in [2.05, 4.69) is 0 Å². The number of carbonyl (C=O) groups is 1. The lowest BCUT2D eigenvalue weighted by molar-refractivity contribution is 0.0466. The average Bonchev–Trinajstić information content (AvgIpc) is 2.81. The Bertz CT molecular complexity index is 547. The summed E-state index contributed by atoms with van der Waals surface area (Å²) in [6.45, 7) is 0.181. The Hall–Kier alpha value is -1.46. The van der Waals surface area contributed by atoms with E-state index in [9.17, 15) is 4.79 Å². The molecule has 2 aromatic rings. The second-order valence-electron chi connectivity index (χ2n) is 3.54. The Morgan fingerprint density at radius 1 is 1.65 bits per heavy atom. The number of aryl methyl sites for hydroxylation is 1. The van der Waals surface area contributed by atoms with Crippen molar-refractivity contribution < 1.29 is 9.53 Å². The zero-order chi connectivity index (χ0) is 12.4.